The van der Waals surface area contributed by atoms with Crippen LogP contribution in [0.2, 0.25) is 0 Å². The van der Waals surface area contributed by atoms with Crippen molar-refractivity contribution in [3.05, 3.63) is 24.3 Å². The maximum atomic E-state index is 12.8. The number of esters is 1. The lowest BCUT2D eigenvalue weighted by Crippen LogP contribution is -2.60. The molecule has 0 bridgehead atoms. The number of hydrogen-bond donors (Lipinski definition) is 4. The molecule has 4 N–H and O–H groups in total. The molecule has 0 aromatic rings. The smallest absolute Gasteiger partial charge is 0.397 e. The molecule has 0 aromatic carbocycles. The lowest BCUT2D eigenvalue weighted by Gasteiger charge is -2.41. The summed E-state index contributed by atoms with van der Waals surface area (Å²) in [5, 5.41) is 30.6. The van der Waals surface area contributed by atoms with E-state index in [1.165, 1.54) is 116 Å². The van der Waals surface area contributed by atoms with E-state index < -0.39 is 59.8 Å². The summed E-state index contributed by atoms with van der Waals surface area (Å²) in [6, 6.07) is 0. The Morgan fingerprint density at radius 3 is 1.60 bits per heavy atom. The van der Waals surface area contributed by atoms with Gasteiger partial charge in [0.05, 0.1) is 19.8 Å². The van der Waals surface area contributed by atoms with Gasteiger partial charge in [0, 0.05) is 13.0 Å². The average molecular weight is 849 g/mol. The average Bonchev–Trinajstić information content (AvgIpc) is 3.19. The summed E-state index contributed by atoms with van der Waals surface area (Å²) >= 11 is 0. The first-order valence-electron chi connectivity index (χ1n) is 23.1. The Labute approximate surface area is 352 Å². The monoisotopic (exact) mass is 849 g/mol. The topological polar surface area (TPSA) is 178 Å². The van der Waals surface area contributed by atoms with Crippen molar-refractivity contribution in [3.63, 3.8) is 0 Å². The number of aliphatic hydroxyl groups is 3. The summed E-state index contributed by atoms with van der Waals surface area (Å²) in [4.78, 5) is 12.8. The van der Waals surface area contributed by atoms with E-state index in [0.29, 0.717) is 13.0 Å². The molecule has 0 aliphatic carbocycles. The second-order valence-corrected chi connectivity index (χ2v) is 17.0. The normalized spacial score (nSPS) is 20.7. The molecule has 0 saturated carbocycles. The number of hydrogen-bond acceptors (Lipinski definition) is 11. The number of carbonyl (C=O) groups is 1. The van der Waals surface area contributed by atoms with Gasteiger partial charge in [-0.2, -0.15) is 8.42 Å². The van der Waals surface area contributed by atoms with E-state index in [0.717, 1.165) is 51.4 Å². The Kier molecular flexibility index (Phi) is 35.2. The Bertz CT molecular complexity index is 1120. The van der Waals surface area contributed by atoms with E-state index in [1.54, 1.807) is 0 Å². The van der Waals surface area contributed by atoms with Crippen molar-refractivity contribution < 1.29 is 56.2 Å². The second-order valence-electron chi connectivity index (χ2n) is 16.0. The van der Waals surface area contributed by atoms with E-state index in [9.17, 15) is 28.5 Å². The third-order valence-corrected chi connectivity index (χ3v) is 11.0. The van der Waals surface area contributed by atoms with Crippen LogP contribution in [-0.2, 0) is 38.3 Å². The molecule has 0 radical (unpaired) electrons. The Morgan fingerprint density at radius 1 is 0.638 bits per heavy atom. The summed E-state index contributed by atoms with van der Waals surface area (Å²) in [5.74, 6) is -0.403. The standard InChI is InChI=1S/C45H84O12S/c1-3-5-7-9-11-13-15-17-18-19-20-21-22-23-24-26-28-30-32-34-41(47)55-39(37-53-35-33-31-29-27-25-16-14-12-10-8-6-4-2)38-54-45-43(49)44(57-58(50,51)52)42(48)40(36-46)56-45/h10,12,17-18,39-40,42-46,48-49H,3-9,11,13-16,19-38H2,1-2H3,(H,50,51,52)/b12-10-,18-17-. The van der Waals surface area contributed by atoms with Crippen molar-refractivity contribution in [2.45, 2.75) is 230 Å². The van der Waals surface area contributed by atoms with Gasteiger partial charge in [-0.15, -0.1) is 0 Å². The summed E-state index contributed by atoms with van der Waals surface area (Å²) in [6.45, 7) is 3.94. The van der Waals surface area contributed by atoms with E-state index in [4.69, 9.17) is 23.5 Å². The van der Waals surface area contributed by atoms with Crippen molar-refractivity contribution in [2.24, 2.45) is 0 Å². The number of ether oxygens (including phenoxy) is 4. The predicted molar refractivity (Wildman–Crippen MR) is 230 cm³/mol. The zero-order valence-corrected chi connectivity index (χ0v) is 37.2. The van der Waals surface area contributed by atoms with Crippen LogP contribution in [0, 0.1) is 0 Å². The van der Waals surface area contributed by atoms with Crippen molar-refractivity contribution in [2.75, 3.05) is 26.4 Å². The summed E-state index contributed by atoms with van der Waals surface area (Å²) in [7, 11) is -5.06. The number of unbranched alkanes of at least 4 members (excludes halogenated alkanes) is 23. The molecule has 13 heteroatoms. The first kappa shape index (κ1) is 54.6. The van der Waals surface area contributed by atoms with Crippen molar-refractivity contribution in [3.8, 4) is 0 Å². The van der Waals surface area contributed by atoms with Gasteiger partial charge in [-0.05, 0) is 57.8 Å². The van der Waals surface area contributed by atoms with Crippen molar-refractivity contribution in [1.29, 1.82) is 0 Å². The lowest BCUT2D eigenvalue weighted by atomic mass is 9.99. The van der Waals surface area contributed by atoms with Gasteiger partial charge < -0.3 is 34.3 Å². The minimum atomic E-state index is -5.06. The molecule has 6 atom stereocenters. The van der Waals surface area contributed by atoms with Gasteiger partial charge in [0.25, 0.3) is 0 Å². The van der Waals surface area contributed by atoms with Gasteiger partial charge in [-0.25, -0.2) is 4.18 Å². The zero-order valence-electron chi connectivity index (χ0n) is 36.4. The third-order valence-electron chi connectivity index (χ3n) is 10.5. The molecule has 342 valence electrons. The molecule has 12 nitrogen and oxygen atoms in total. The molecule has 1 heterocycles. The van der Waals surface area contributed by atoms with Crippen LogP contribution >= 0.6 is 0 Å². The number of aliphatic hydroxyl groups excluding tert-OH is 3. The van der Waals surface area contributed by atoms with Crippen LogP contribution in [0.15, 0.2) is 24.3 Å². The minimum absolute atomic E-state index is 0.0331. The minimum Gasteiger partial charge on any atom is -0.457 e. The largest absolute Gasteiger partial charge is 0.457 e. The molecule has 0 amide bonds. The summed E-state index contributed by atoms with van der Waals surface area (Å²) in [6.07, 6.45) is 32.1. The highest BCUT2D eigenvalue weighted by molar-refractivity contribution is 7.80. The quantitative estimate of drug-likeness (QED) is 0.0199. The highest BCUT2D eigenvalue weighted by atomic mass is 32.3. The molecule has 0 aromatic heterocycles. The van der Waals surface area contributed by atoms with Gasteiger partial charge in [0.1, 0.15) is 30.5 Å². The SMILES string of the molecule is CCCC/C=C\CCCCCCCCOCC(COC1OC(CO)C(O)C(OS(=O)(=O)O)C1O)OC(=O)CCCCCCCCCCC/C=C\CCCCCCCC. The molecule has 1 fully saturated rings. The summed E-state index contributed by atoms with van der Waals surface area (Å²) in [5.41, 5.74) is 0. The fourth-order valence-corrected chi connectivity index (χ4v) is 7.51. The molecule has 6 unspecified atom stereocenters. The number of rotatable bonds is 40. The van der Waals surface area contributed by atoms with Crippen LogP contribution < -0.4 is 0 Å². The van der Waals surface area contributed by atoms with Gasteiger partial charge in [-0.3, -0.25) is 9.35 Å². The van der Waals surface area contributed by atoms with Gasteiger partial charge in [0.15, 0.2) is 6.29 Å². The van der Waals surface area contributed by atoms with Gasteiger partial charge in [-0.1, -0.05) is 154 Å². The molecule has 1 rings (SSSR count). The van der Waals surface area contributed by atoms with E-state index in [2.05, 4.69) is 42.3 Å². The first-order chi connectivity index (χ1) is 28.1. The van der Waals surface area contributed by atoms with Crippen LogP contribution in [0.3, 0.4) is 0 Å². The van der Waals surface area contributed by atoms with Gasteiger partial charge in [0.2, 0.25) is 0 Å². The highest BCUT2D eigenvalue weighted by Gasteiger charge is 2.48. The predicted octanol–water partition coefficient (Wildman–Crippen LogP) is 9.63. The van der Waals surface area contributed by atoms with Crippen molar-refractivity contribution >= 4 is 16.4 Å². The van der Waals surface area contributed by atoms with Crippen molar-refractivity contribution in [1.82, 2.24) is 0 Å². The molecule has 1 aliphatic heterocycles. The second kappa shape index (κ2) is 37.4. The van der Waals surface area contributed by atoms with Crippen LogP contribution in [0.4, 0.5) is 0 Å². The van der Waals surface area contributed by atoms with E-state index in [1.807, 2.05) is 0 Å². The Morgan fingerprint density at radius 2 is 1.10 bits per heavy atom. The van der Waals surface area contributed by atoms with Crippen LogP contribution in [-0.4, -0.2) is 97.5 Å². The molecule has 1 aliphatic rings. The number of allylic oxidation sites excluding steroid dienone is 4. The molecule has 58 heavy (non-hydrogen) atoms. The molecular weight excluding hydrogens is 765 g/mol. The fourth-order valence-electron chi connectivity index (χ4n) is 7.00. The number of carbonyl (C=O) groups excluding carboxylic acids is 1. The van der Waals surface area contributed by atoms with Crippen LogP contribution in [0.1, 0.15) is 194 Å². The molecular formula is C45H84O12S. The van der Waals surface area contributed by atoms with E-state index in [-0.39, 0.29) is 19.6 Å². The van der Waals surface area contributed by atoms with Crippen LogP contribution in [0.5, 0.6) is 0 Å². The Balaban J connectivity index is 2.40. The lowest BCUT2D eigenvalue weighted by molar-refractivity contribution is -0.301. The van der Waals surface area contributed by atoms with E-state index >= 15 is 0 Å². The highest BCUT2D eigenvalue weighted by Crippen LogP contribution is 2.26. The first-order valence-corrected chi connectivity index (χ1v) is 24.5. The molecule has 1 saturated heterocycles. The Hall–Kier alpha value is -1.42. The maximum Gasteiger partial charge on any atom is 0.397 e. The fraction of sp³-hybridized carbons (Fsp3) is 0.889. The summed E-state index contributed by atoms with van der Waals surface area (Å²) < 4.78 is 59.0. The molecule has 0 spiro atoms. The third kappa shape index (κ3) is 30.6. The maximum absolute atomic E-state index is 12.8. The van der Waals surface area contributed by atoms with Gasteiger partial charge >= 0.3 is 16.4 Å². The van der Waals surface area contributed by atoms with Crippen LogP contribution in [0.25, 0.3) is 0 Å². The zero-order chi connectivity index (χ0) is 42.5.